The van der Waals surface area contributed by atoms with Crippen molar-refractivity contribution in [1.82, 2.24) is 4.98 Å². The summed E-state index contributed by atoms with van der Waals surface area (Å²) in [7, 11) is -3.66. The van der Waals surface area contributed by atoms with Gasteiger partial charge in [-0.25, -0.2) is 0 Å². The van der Waals surface area contributed by atoms with Crippen molar-refractivity contribution in [3.05, 3.63) is 65.0 Å². The van der Waals surface area contributed by atoms with E-state index in [1.54, 1.807) is 12.1 Å². The first-order valence-corrected chi connectivity index (χ1v) is 11.7. The topological polar surface area (TPSA) is 68.4 Å². The van der Waals surface area contributed by atoms with Crippen LogP contribution in [0.25, 0.3) is 22.0 Å². The maximum atomic E-state index is 13.3. The number of H-pyrrole nitrogens is 1. The van der Waals surface area contributed by atoms with Gasteiger partial charge in [-0.1, -0.05) is 63.1 Å². The highest BCUT2D eigenvalue weighted by Crippen LogP contribution is 2.46. The van der Waals surface area contributed by atoms with Crippen molar-refractivity contribution in [3.8, 4) is 11.3 Å². The molecule has 3 rings (SSSR count). The van der Waals surface area contributed by atoms with Crippen LogP contribution in [-0.4, -0.2) is 18.2 Å². The minimum atomic E-state index is -3.66. The molecule has 0 saturated carbocycles. The molecule has 1 aromatic heterocycles. The maximum Gasteiger partial charge on any atom is 0.366 e. The van der Waals surface area contributed by atoms with E-state index in [4.69, 9.17) is 9.05 Å². The predicted molar refractivity (Wildman–Crippen MR) is 119 cm³/mol. The van der Waals surface area contributed by atoms with E-state index in [0.717, 1.165) is 42.0 Å². The summed E-state index contributed by atoms with van der Waals surface area (Å²) in [6.07, 6.45) is 3.33. The van der Waals surface area contributed by atoms with Gasteiger partial charge in [0.25, 0.3) is 5.56 Å². The van der Waals surface area contributed by atoms with E-state index in [0.29, 0.717) is 18.9 Å². The second kappa shape index (κ2) is 10.0. The van der Waals surface area contributed by atoms with Gasteiger partial charge in [0, 0.05) is 5.69 Å². The number of benzene rings is 2. The fourth-order valence-corrected chi connectivity index (χ4v) is 4.69. The number of hydrogen-bond donors (Lipinski definition) is 1. The Balaban J connectivity index is 1.92. The quantitative estimate of drug-likeness (QED) is 0.345. The van der Waals surface area contributed by atoms with E-state index in [2.05, 4.69) is 4.98 Å². The van der Waals surface area contributed by atoms with Gasteiger partial charge < -0.3 is 14.0 Å². The second-order valence-corrected chi connectivity index (χ2v) is 9.01. The number of pyridine rings is 1. The Morgan fingerprint density at radius 3 is 2.14 bits per heavy atom. The summed E-state index contributed by atoms with van der Waals surface area (Å²) >= 11 is 0. The summed E-state index contributed by atoms with van der Waals surface area (Å²) in [5.74, 6) is 0. The normalized spacial score (nSPS) is 11.8. The largest absolute Gasteiger partial charge is 0.366 e. The van der Waals surface area contributed by atoms with Crippen LogP contribution in [-0.2, 0) is 13.6 Å². The first-order valence-electron chi connectivity index (χ1n) is 10.2. The molecule has 0 saturated heterocycles. The molecule has 0 radical (unpaired) electrons. The van der Waals surface area contributed by atoms with Crippen molar-refractivity contribution in [2.75, 3.05) is 13.2 Å². The standard InChI is InChI=1S/C23H28NO4P/c1-3-5-15-27-29(26,28-16-6-4-2)22-14-13-21(24-23(22)25)20-12-11-18-9-7-8-10-19(18)17-20/h7-14,17H,3-6,15-16H2,1-2H3,(H,24,25). The molecule has 154 valence electrons. The molecule has 0 atom stereocenters. The van der Waals surface area contributed by atoms with Gasteiger partial charge in [-0.2, -0.15) is 0 Å². The molecule has 0 aliphatic carbocycles. The third kappa shape index (κ3) is 5.24. The van der Waals surface area contributed by atoms with Crippen molar-refractivity contribution in [1.29, 1.82) is 0 Å². The van der Waals surface area contributed by atoms with Crippen LogP contribution in [0, 0.1) is 0 Å². The van der Waals surface area contributed by atoms with Gasteiger partial charge in [0.1, 0.15) is 5.30 Å². The summed E-state index contributed by atoms with van der Waals surface area (Å²) in [6, 6.07) is 17.4. The van der Waals surface area contributed by atoms with Crippen molar-refractivity contribution < 1.29 is 13.6 Å². The molecule has 3 aromatic rings. The summed E-state index contributed by atoms with van der Waals surface area (Å²) in [4.78, 5) is 15.7. The van der Waals surface area contributed by atoms with Gasteiger partial charge in [-0.05, 0) is 47.4 Å². The molecule has 29 heavy (non-hydrogen) atoms. The van der Waals surface area contributed by atoms with Crippen molar-refractivity contribution in [2.45, 2.75) is 39.5 Å². The molecule has 0 bridgehead atoms. The summed E-state index contributed by atoms with van der Waals surface area (Å²) in [5.41, 5.74) is 1.12. The Hall–Kier alpha value is -2.20. The molecule has 0 aliphatic heterocycles. The van der Waals surface area contributed by atoms with Crippen LogP contribution in [0.3, 0.4) is 0 Å². The van der Waals surface area contributed by atoms with E-state index < -0.39 is 13.2 Å². The number of hydrogen-bond acceptors (Lipinski definition) is 4. The Morgan fingerprint density at radius 1 is 0.862 bits per heavy atom. The monoisotopic (exact) mass is 413 g/mol. The minimum Gasteiger partial charge on any atom is -0.321 e. The molecule has 0 aliphatic rings. The number of rotatable bonds is 10. The van der Waals surface area contributed by atoms with E-state index in [9.17, 15) is 9.36 Å². The van der Waals surface area contributed by atoms with E-state index in [1.807, 2.05) is 56.3 Å². The highest BCUT2D eigenvalue weighted by molar-refractivity contribution is 7.62. The Morgan fingerprint density at radius 2 is 1.52 bits per heavy atom. The molecule has 0 unspecified atom stereocenters. The first kappa shape index (κ1) is 21.5. The maximum absolute atomic E-state index is 13.3. The van der Waals surface area contributed by atoms with Crippen molar-refractivity contribution in [2.24, 2.45) is 0 Å². The number of fused-ring (bicyclic) bond motifs is 1. The second-order valence-electron chi connectivity index (χ2n) is 7.02. The van der Waals surface area contributed by atoms with Crippen molar-refractivity contribution in [3.63, 3.8) is 0 Å². The fraction of sp³-hybridized carbons (Fsp3) is 0.348. The molecule has 1 heterocycles. The molecule has 0 spiro atoms. The van der Waals surface area contributed by atoms with Gasteiger partial charge in [-0.3, -0.25) is 9.36 Å². The van der Waals surface area contributed by atoms with Crippen LogP contribution in [0.15, 0.2) is 59.4 Å². The molecule has 0 fully saturated rings. The first-order chi connectivity index (χ1) is 14.1. The molecule has 6 heteroatoms. The van der Waals surface area contributed by atoms with Crippen LogP contribution in [0.5, 0.6) is 0 Å². The van der Waals surface area contributed by atoms with Gasteiger partial charge in [0.05, 0.1) is 13.2 Å². The zero-order valence-electron chi connectivity index (χ0n) is 17.0. The minimum absolute atomic E-state index is 0.0641. The number of aromatic nitrogens is 1. The molecule has 5 nitrogen and oxygen atoms in total. The molecule has 0 amide bonds. The van der Waals surface area contributed by atoms with Crippen LogP contribution in [0.1, 0.15) is 39.5 Å². The molecule has 1 N–H and O–H groups in total. The Labute approximate surface area is 171 Å². The lowest BCUT2D eigenvalue weighted by molar-refractivity contribution is 0.208. The lowest BCUT2D eigenvalue weighted by Crippen LogP contribution is -2.29. The van der Waals surface area contributed by atoms with E-state index >= 15 is 0 Å². The molecular formula is C23H28NO4P. The van der Waals surface area contributed by atoms with Crippen LogP contribution >= 0.6 is 7.60 Å². The third-order valence-corrected chi connectivity index (χ3v) is 6.75. The van der Waals surface area contributed by atoms with E-state index in [-0.39, 0.29) is 5.30 Å². The zero-order chi connectivity index (χ0) is 20.7. The van der Waals surface area contributed by atoms with E-state index in [1.165, 1.54) is 0 Å². The van der Waals surface area contributed by atoms with Gasteiger partial charge in [0.15, 0.2) is 0 Å². The predicted octanol–water partition coefficient (Wildman–Crippen LogP) is 5.65. The Kier molecular flexibility index (Phi) is 7.43. The third-order valence-electron chi connectivity index (χ3n) is 4.76. The highest BCUT2D eigenvalue weighted by atomic mass is 31.2. The average Bonchev–Trinajstić information content (AvgIpc) is 2.73. The smallest absolute Gasteiger partial charge is 0.321 e. The lowest BCUT2D eigenvalue weighted by Gasteiger charge is -2.18. The van der Waals surface area contributed by atoms with Gasteiger partial charge in [-0.15, -0.1) is 0 Å². The Bertz CT molecular complexity index is 1050. The lowest BCUT2D eigenvalue weighted by atomic mass is 10.0. The van der Waals surface area contributed by atoms with Gasteiger partial charge >= 0.3 is 7.60 Å². The number of nitrogens with one attached hydrogen (secondary N) is 1. The summed E-state index contributed by atoms with van der Waals surface area (Å²) in [5, 5.41) is 2.29. The van der Waals surface area contributed by atoms with Crippen molar-refractivity contribution >= 4 is 23.7 Å². The van der Waals surface area contributed by atoms with Crippen LogP contribution in [0.2, 0.25) is 0 Å². The van der Waals surface area contributed by atoms with Crippen LogP contribution < -0.4 is 10.9 Å². The average molecular weight is 413 g/mol. The number of aromatic amines is 1. The summed E-state index contributed by atoms with van der Waals surface area (Å²) in [6.45, 7) is 4.65. The zero-order valence-corrected chi connectivity index (χ0v) is 17.9. The molecular weight excluding hydrogens is 385 g/mol. The summed E-state index contributed by atoms with van der Waals surface area (Å²) < 4.78 is 24.5. The SMILES string of the molecule is CCCCOP(=O)(OCCCC)c1ccc(-c2ccc3ccccc3c2)[nH]c1=O. The highest BCUT2D eigenvalue weighted by Gasteiger charge is 2.30. The van der Waals surface area contributed by atoms with Gasteiger partial charge in [0.2, 0.25) is 0 Å². The fourth-order valence-electron chi connectivity index (χ4n) is 3.04. The molecule has 2 aromatic carbocycles. The van der Waals surface area contributed by atoms with Crippen LogP contribution in [0.4, 0.5) is 0 Å². The number of unbranched alkanes of at least 4 members (excludes halogenated alkanes) is 2.